The number of nitrogens with two attached hydrogens (primary N) is 1. The Bertz CT molecular complexity index is 417. The standard InChI is InChI=1S/C12H17N3O/c1-8-3-4-11(9(2)14-8)12(16)15-6-5-10(13)7-15/h3-4,10H,5-7,13H2,1-2H3. The molecule has 1 unspecified atom stereocenters. The molecule has 1 aromatic rings. The van der Waals surface area contributed by atoms with Crippen LogP contribution in [0.15, 0.2) is 12.1 Å². The lowest BCUT2D eigenvalue weighted by Crippen LogP contribution is -2.32. The van der Waals surface area contributed by atoms with Gasteiger partial charge >= 0.3 is 0 Å². The predicted molar refractivity (Wildman–Crippen MR) is 62.2 cm³/mol. The first kappa shape index (κ1) is 11.1. The molecule has 16 heavy (non-hydrogen) atoms. The Morgan fingerprint density at radius 2 is 2.25 bits per heavy atom. The van der Waals surface area contributed by atoms with E-state index in [1.54, 1.807) is 0 Å². The Kier molecular flexibility index (Phi) is 2.92. The van der Waals surface area contributed by atoms with Crippen LogP contribution in [0.2, 0.25) is 0 Å². The monoisotopic (exact) mass is 219 g/mol. The van der Waals surface area contributed by atoms with E-state index >= 15 is 0 Å². The quantitative estimate of drug-likeness (QED) is 0.762. The zero-order valence-electron chi connectivity index (χ0n) is 9.73. The topological polar surface area (TPSA) is 59.2 Å². The summed E-state index contributed by atoms with van der Waals surface area (Å²) in [5.41, 5.74) is 8.22. The van der Waals surface area contributed by atoms with Crippen LogP contribution in [0, 0.1) is 13.8 Å². The van der Waals surface area contributed by atoms with Crippen LogP contribution in [-0.4, -0.2) is 34.9 Å². The average molecular weight is 219 g/mol. The normalized spacial score (nSPS) is 20.2. The molecule has 1 saturated heterocycles. The molecule has 0 spiro atoms. The summed E-state index contributed by atoms with van der Waals surface area (Å²) in [6.45, 7) is 5.21. The summed E-state index contributed by atoms with van der Waals surface area (Å²) in [4.78, 5) is 18.3. The minimum Gasteiger partial charge on any atom is -0.337 e. The molecule has 2 rings (SSSR count). The summed E-state index contributed by atoms with van der Waals surface area (Å²) < 4.78 is 0. The van der Waals surface area contributed by atoms with Gasteiger partial charge in [0.1, 0.15) is 0 Å². The van der Waals surface area contributed by atoms with E-state index in [1.165, 1.54) is 0 Å². The van der Waals surface area contributed by atoms with Crippen molar-refractivity contribution in [3.8, 4) is 0 Å². The Balaban J connectivity index is 2.21. The maximum absolute atomic E-state index is 12.2. The van der Waals surface area contributed by atoms with Crippen molar-refractivity contribution in [2.24, 2.45) is 5.73 Å². The molecule has 1 aromatic heterocycles. The fourth-order valence-corrected chi connectivity index (χ4v) is 2.05. The highest BCUT2D eigenvalue weighted by molar-refractivity contribution is 5.95. The molecular formula is C12H17N3O. The lowest BCUT2D eigenvalue weighted by Gasteiger charge is -2.16. The SMILES string of the molecule is Cc1ccc(C(=O)N2CCC(N)C2)c(C)n1. The van der Waals surface area contributed by atoms with E-state index in [-0.39, 0.29) is 11.9 Å². The summed E-state index contributed by atoms with van der Waals surface area (Å²) in [7, 11) is 0. The van der Waals surface area contributed by atoms with Crippen LogP contribution in [0.5, 0.6) is 0 Å². The van der Waals surface area contributed by atoms with E-state index in [0.717, 1.165) is 24.4 Å². The van der Waals surface area contributed by atoms with Crippen LogP contribution in [0.3, 0.4) is 0 Å². The first-order valence-electron chi connectivity index (χ1n) is 5.57. The number of hydrogen-bond acceptors (Lipinski definition) is 3. The molecule has 1 amide bonds. The number of aryl methyl sites for hydroxylation is 2. The van der Waals surface area contributed by atoms with Crippen molar-refractivity contribution in [1.82, 2.24) is 9.88 Å². The van der Waals surface area contributed by atoms with E-state index in [9.17, 15) is 4.79 Å². The highest BCUT2D eigenvalue weighted by Crippen LogP contribution is 2.14. The number of carbonyl (C=O) groups is 1. The van der Waals surface area contributed by atoms with Crippen LogP contribution in [0.25, 0.3) is 0 Å². The van der Waals surface area contributed by atoms with Gasteiger partial charge in [0.15, 0.2) is 0 Å². The van der Waals surface area contributed by atoms with Crippen LogP contribution < -0.4 is 5.73 Å². The number of likely N-dealkylation sites (tertiary alicyclic amines) is 1. The maximum Gasteiger partial charge on any atom is 0.255 e. The predicted octanol–water partition coefficient (Wildman–Crippen LogP) is 0.872. The first-order valence-corrected chi connectivity index (χ1v) is 5.57. The number of nitrogens with zero attached hydrogens (tertiary/aromatic N) is 2. The molecule has 0 aromatic carbocycles. The van der Waals surface area contributed by atoms with Crippen molar-refractivity contribution in [1.29, 1.82) is 0 Å². The zero-order chi connectivity index (χ0) is 11.7. The molecule has 2 N–H and O–H groups in total. The lowest BCUT2D eigenvalue weighted by molar-refractivity contribution is 0.0789. The van der Waals surface area contributed by atoms with E-state index in [4.69, 9.17) is 5.73 Å². The molecule has 0 saturated carbocycles. The van der Waals surface area contributed by atoms with Gasteiger partial charge in [-0.15, -0.1) is 0 Å². The van der Waals surface area contributed by atoms with Crippen LogP contribution in [0.4, 0.5) is 0 Å². The second-order valence-electron chi connectivity index (χ2n) is 4.39. The fraction of sp³-hybridized carbons (Fsp3) is 0.500. The molecule has 86 valence electrons. The number of amides is 1. The second kappa shape index (κ2) is 4.22. The summed E-state index contributed by atoms with van der Waals surface area (Å²) in [5, 5.41) is 0. The molecule has 4 heteroatoms. The van der Waals surface area contributed by atoms with Gasteiger partial charge in [-0.25, -0.2) is 0 Å². The third kappa shape index (κ3) is 2.07. The molecule has 0 aliphatic carbocycles. The fourth-order valence-electron chi connectivity index (χ4n) is 2.05. The van der Waals surface area contributed by atoms with E-state index in [1.807, 2.05) is 30.9 Å². The van der Waals surface area contributed by atoms with Gasteiger partial charge in [-0.3, -0.25) is 9.78 Å². The molecule has 0 bridgehead atoms. The van der Waals surface area contributed by atoms with E-state index in [2.05, 4.69) is 4.98 Å². The summed E-state index contributed by atoms with van der Waals surface area (Å²) in [6.07, 6.45) is 0.893. The van der Waals surface area contributed by atoms with Crippen LogP contribution in [-0.2, 0) is 0 Å². The smallest absolute Gasteiger partial charge is 0.255 e. The Morgan fingerprint density at radius 3 is 2.81 bits per heavy atom. The molecule has 0 radical (unpaired) electrons. The number of pyridine rings is 1. The van der Waals surface area contributed by atoms with Crippen molar-refractivity contribution < 1.29 is 4.79 Å². The number of carbonyl (C=O) groups excluding carboxylic acids is 1. The largest absolute Gasteiger partial charge is 0.337 e. The summed E-state index contributed by atoms with van der Waals surface area (Å²) in [6, 6.07) is 3.85. The van der Waals surface area contributed by atoms with Crippen molar-refractivity contribution in [3.05, 3.63) is 29.1 Å². The van der Waals surface area contributed by atoms with Crippen molar-refractivity contribution in [2.45, 2.75) is 26.3 Å². The summed E-state index contributed by atoms with van der Waals surface area (Å²) >= 11 is 0. The van der Waals surface area contributed by atoms with Gasteiger partial charge in [0.05, 0.1) is 11.3 Å². The highest BCUT2D eigenvalue weighted by Gasteiger charge is 2.25. The Morgan fingerprint density at radius 1 is 1.50 bits per heavy atom. The first-order chi connectivity index (χ1) is 7.58. The van der Waals surface area contributed by atoms with E-state index < -0.39 is 0 Å². The van der Waals surface area contributed by atoms with Gasteiger partial charge in [0.2, 0.25) is 0 Å². The van der Waals surface area contributed by atoms with Gasteiger partial charge < -0.3 is 10.6 Å². The molecule has 1 atom stereocenters. The zero-order valence-corrected chi connectivity index (χ0v) is 9.73. The van der Waals surface area contributed by atoms with Gasteiger partial charge in [0, 0.05) is 24.8 Å². The van der Waals surface area contributed by atoms with Crippen molar-refractivity contribution in [3.63, 3.8) is 0 Å². The highest BCUT2D eigenvalue weighted by atomic mass is 16.2. The van der Waals surface area contributed by atoms with Crippen molar-refractivity contribution >= 4 is 5.91 Å². The van der Waals surface area contributed by atoms with Crippen molar-refractivity contribution in [2.75, 3.05) is 13.1 Å². The van der Waals surface area contributed by atoms with Gasteiger partial charge in [-0.05, 0) is 32.4 Å². The molecule has 2 heterocycles. The lowest BCUT2D eigenvalue weighted by atomic mass is 10.1. The van der Waals surface area contributed by atoms with Crippen LogP contribution >= 0.6 is 0 Å². The third-order valence-corrected chi connectivity index (χ3v) is 2.97. The van der Waals surface area contributed by atoms with Crippen LogP contribution in [0.1, 0.15) is 28.2 Å². The molecule has 1 fully saturated rings. The molecule has 4 nitrogen and oxygen atoms in total. The molecule has 1 aliphatic heterocycles. The number of aromatic nitrogens is 1. The van der Waals surface area contributed by atoms with Gasteiger partial charge in [-0.2, -0.15) is 0 Å². The number of hydrogen-bond donors (Lipinski definition) is 1. The average Bonchev–Trinajstić information content (AvgIpc) is 2.64. The van der Waals surface area contributed by atoms with Gasteiger partial charge in [0.25, 0.3) is 5.91 Å². The Labute approximate surface area is 95.5 Å². The van der Waals surface area contributed by atoms with Gasteiger partial charge in [-0.1, -0.05) is 0 Å². The minimum atomic E-state index is 0.0537. The van der Waals surface area contributed by atoms with E-state index in [0.29, 0.717) is 12.1 Å². The minimum absolute atomic E-state index is 0.0537. The molecular weight excluding hydrogens is 202 g/mol. The maximum atomic E-state index is 12.2. The summed E-state index contributed by atoms with van der Waals surface area (Å²) in [5.74, 6) is 0.0537. The second-order valence-corrected chi connectivity index (χ2v) is 4.39. The third-order valence-electron chi connectivity index (χ3n) is 2.97. The molecule has 1 aliphatic rings. The number of rotatable bonds is 1. The Hall–Kier alpha value is -1.42.